The van der Waals surface area contributed by atoms with Crippen LogP contribution in [0.4, 0.5) is 10.1 Å². The third-order valence-corrected chi connectivity index (χ3v) is 3.56. The van der Waals surface area contributed by atoms with E-state index in [1.54, 1.807) is 31.2 Å². The first kappa shape index (κ1) is 15.9. The van der Waals surface area contributed by atoms with Crippen molar-refractivity contribution in [2.75, 3.05) is 11.9 Å². The average Bonchev–Trinajstić information content (AvgIpc) is 2.41. The van der Waals surface area contributed by atoms with Crippen LogP contribution in [-0.2, 0) is 0 Å². The van der Waals surface area contributed by atoms with E-state index in [4.69, 9.17) is 4.74 Å². The fourth-order valence-corrected chi connectivity index (χ4v) is 2.60. The highest BCUT2D eigenvalue weighted by molar-refractivity contribution is 9.10. The third-order valence-electron chi connectivity index (χ3n) is 2.69. The molecule has 0 spiro atoms. The van der Waals surface area contributed by atoms with Gasteiger partial charge in [-0.25, -0.2) is 4.39 Å². The van der Waals surface area contributed by atoms with E-state index in [0.717, 1.165) is 4.47 Å². The Morgan fingerprint density at radius 3 is 2.71 bits per heavy atom. The average molecular weight is 370 g/mol. The zero-order chi connectivity index (χ0) is 15.4. The number of nitrogens with one attached hydrogen (secondary N) is 1. The molecule has 0 aliphatic rings. The van der Waals surface area contributed by atoms with Crippen molar-refractivity contribution in [3.8, 4) is 5.75 Å². The normalized spacial score (nSPS) is 10.3. The van der Waals surface area contributed by atoms with Crippen molar-refractivity contribution in [2.45, 2.75) is 11.8 Å². The van der Waals surface area contributed by atoms with Crippen LogP contribution in [0.15, 0.2) is 45.8 Å². The van der Waals surface area contributed by atoms with Crippen LogP contribution in [0, 0.1) is 5.82 Å². The van der Waals surface area contributed by atoms with Gasteiger partial charge in [0, 0.05) is 21.1 Å². The molecule has 0 unspecified atom stereocenters. The van der Waals surface area contributed by atoms with E-state index in [9.17, 15) is 9.18 Å². The smallest absolute Gasteiger partial charge is 0.256 e. The molecule has 0 bridgehead atoms. The number of hydrogen-bond donors (Lipinski definition) is 2. The van der Waals surface area contributed by atoms with E-state index >= 15 is 0 Å². The zero-order valence-electron chi connectivity index (χ0n) is 11.2. The predicted molar refractivity (Wildman–Crippen MR) is 86.9 cm³/mol. The number of thiol groups is 1. The Hall–Kier alpha value is -1.53. The van der Waals surface area contributed by atoms with Gasteiger partial charge in [-0.05, 0) is 37.3 Å². The Bertz CT molecular complexity index is 679. The maximum Gasteiger partial charge on any atom is 0.256 e. The molecule has 0 radical (unpaired) electrons. The van der Waals surface area contributed by atoms with Crippen LogP contribution >= 0.6 is 28.6 Å². The first-order valence-corrected chi connectivity index (χ1v) is 7.47. The summed E-state index contributed by atoms with van der Waals surface area (Å²) in [7, 11) is 0. The Morgan fingerprint density at radius 1 is 1.33 bits per heavy atom. The van der Waals surface area contributed by atoms with Gasteiger partial charge in [0.2, 0.25) is 0 Å². The molecule has 0 heterocycles. The molecule has 2 aromatic rings. The molecule has 1 amide bonds. The highest BCUT2D eigenvalue weighted by Crippen LogP contribution is 2.24. The largest absolute Gasteiger partial charge is 0.491 e. The number of rotatable bonds is 4. The van der Waals surface area contributed by atoms with Gasteiger partial charge < -0.3 is 10.1 Å². The Kier molecular flexibility index (Phi) is 5.25. The first-order valence-electron chi connectivity index (χ1n) is 6.23. The quantitative estimate of drug-likeness (QED) is 0.777. The molecular weight excluding hydrogens is 357 g/mol. The Balaban J connectivity index is 2.17. The molecule has 1 N–H and O–H groups in total. The fraction of sp³-hybridized carbons (Fsp3) is 0.133. The van der Waals surface area contributed by atoms with Crippen LogP contribution < -0.4 is 10.1 Å². The van der Waals surface area contributed by atoms with Crippen molar-refractivity contribution < 1.29 is 13.9 Å². The number of carbonyl (C=O) groups is 1. The molecule has 0 fully saturated rings. The molecule has 110 valence electrons. The van der Waals surface area contributed by atoms with Gasteiger partial charge >= 0.3 is 0 Å². The number of halogens is 2. The molecule has 0 aliphatic heterocycles. The maximum atomic E-state index is 13.7. The number of anilines is 1. The lowest BCUT2D eigenvalue weighted by atomic mass is 10.2. The van der Waals surface area contributed by atoms with Gasteiger partial charge in [-0.15, -0.1) is 12.6 Å². The summed E-state index contributed by atoms with van der Waals surface area (Å²) in [5.41, 5.74) is 0.771. The van der Waals surface area contributed by atoms with Gasteiger partial charge in [-0.1, -0.05) is 15.9 Å². The predicted octanol–water partition coefficient (Wildman–Crippen LogP) is 4.53. The van der Waals surface area contributed by atoms with Gasteiger partial charge in [-0.2, -0.15) is 0 Å². The maximum absolute atomic E-state index is 13.7. The van der Waals surface area contributed by atoms with E-state index in [2.05, 4.69) is 33.9 Å². The molecule has 2 aromatic carbocycles. The Morgan fingerprint density at radius 2 is 2.10 bits per heavy atom. The van der Waals surface area contributed by atoms with Crippen molar-refractivity contribution in [3.05, 3.63) is 52.3 Å². The molecule has 21 heavy (non-hydrogen) atoms. The number of amides is 1. The van der Waals surface area contributed by atoms with Gasteiger partial charge in [-0.3, -0.25) is 4.79 Å². The number of benzene rings is 2. The lowest BCUT2D eigenvalue weighted by Gasteiger charge is -2.09. The van der Waals surface area contributed by atoms with Crippen molar-refractivity contribution >= 4 is 40.2 Å². The van der Waals surface area contributed by atoms with E-state index in [-0.39, 0.29) is 11.7 Å². The molecule has 0 aliphatic carbocycles. The van der Waals surface area contributed by atoms with Crippen LogP contribution in [0.25, 0.3) is 0 Å². The fourth-order valence-electron chi connectivity index (χ4n) is 1.75. The minimum Gasteiger partial charge on any atom is -0.491 e. The van der Waals surface area contributed by atoms with Crippen LogP contribution in [0.1, 0.15) is 17.3 Å². The second kappa shape index (κ2) is 6.95. The standard InChI is InChI=1S/C15H13BrFNO2S/c1-2-20-13-6-4-10(8-12(13)17)18-15(19)11-5-3-9(16)7-14(11)21/h3-8,21H,2H2,1H3,(H,18,19). The van der Waals surface area contributed by atoms with E-state index in [0.29, 0.717) is 22.8 Å². The summed E-state index contributed by atoms with van der Waals surface area (Å²) >= 11 is 7.55. The monoisotopic (exact) mass is 369 g/mol. The van der Waals surface area contributed by atoms with Crippen LogP contribution in [0.2, 0.25) is 0 Å². The van der Waals surface area contributed by atoms with Crippen LogP contribution in [0.5, 0.6) is 5.75 Å². The van der Waals surface area contributed by atoms with Gasteiger partial charge in [0.25, 0.3) is 5.91 Å². The summed E-state index contributed by atoms with van der Waals surface area (Å²) in [5, 5.41) is 2.63. The molecular formula is C15H13BrFNO2S. The molecule has 0 atom stereocenters. The van der Waals surface area contributed by atoms with Gasteiger partial charge in [0.15, 0.2) is 11.6 Å². The van der Waals surface area contributed by atoms with E-state index in [1.807, 2.05) is 0 Å². The second-order valence-electron chi connectivity index (χ2n) is 4.19. The summed E-state index contributed by atoms with van der Waals surface area (Å²) in [6.07, 6.45) is 0. The van der Waals surface area contributed by atoms with E-state index < -0.39 is 5.82 Å². The van der Waals surface area contributed by atoms with Crippen molar-refractivity contribution in [1.29, 1.82) is 0 Å². The molecule has 0 aromatic heterocycles. The lowest BCUT2D eigenvalue weighted by molar-refractivity contribution is 0.102. The summed E-state index contributed by atoms with van der Waals surface area (Å²) in [6, 6.07) is 9.40. The van der Waals surface area contributed by atoms with Crippen molar-refractivity contribution in [3.63, 3.8) is 0 Å². The minimum absolute atomic E-state index is 0.161. The summed E-state index contributed by atoms with van der Waals surface area (Å²) < 4.78 is 19.7. The second-order valence-corrected chi connectivity index (χ2v) is 5.59. The van der Waals surface area contributed by atoms with Gasteiger partial charge in [0.1, 0.15) is 0 Å². The topological polar surface area (TPSA) is 38.3 Å². The first-order chi connectivity index (χ1) is 10.0. The molecule has 0 saturated carbocycles. The lowest BCUT2D eigenvalue weighted by Crippen LogP contribution is -2.13. The summed E-state index contributed by atoms with van der Waals surface area (Å²) in [4.78, 5) is 12.7. The highest BCUT2D eigenvalue weighted by atomic mass is 79.9. The highest BCUT2D eigenvalue weighted by Gasteiger charge is 2.11. The van der Waals surface area contributed by atoms with E-state index in [1.165, 1.54) is 12.1 Å². The zero-order valence-corrected chi connectivity index (χ0v) is 13.7. The number of ether oxygens (including phenoxy) is 1. The summed E-state index contributed by atoms with van der Waals surface area (Å²) in [6.45, 7) is 2.15. The van der Waals surface area contributed by atoms with Crippen LogP contribution in [-0.4, -0.2) is 12.5 Å². The van der Waals surface area contributed by atoms with Crippen molar-refractivity contribution in [2.24, 2.45) is 0 Å². The third kappa shape index (κ3) is 3.98. The molecule has 6 heteroatoms. The minimum atomic E-state index is -0.517. The summed E-state index contributed by atoms with van der Waals surface area (Å²) in [5.74, 6) is -0.707. The Labute approximate surface area is 136 Å². The molecule has 0 saturated heterocycles. The molecule has 2 rings (SSSR count). The van der Waals surface area contributed by atoms with Crippen LogP contribution in [0.3, 0.4) is 0 Å². The van der Waals surface area contributed by atoms with Crippen molar-refractivity contribution in [1.82, 2.24) is 0 Å². The number of carbonyl (C=O) groups excluding carboxylic acids is 1. The SMILES string of the molecule is CCOc1ccc(NC(=O)c2ccc(Br)cc2S)cc1F. The molecule has 3 nitrogen and oxygen atoms in total. The number of hydrogen-bond acceptors (Lipinski definition) is 3. The van der Waals surface area contributed by atoms with Gasteiger partial charge in [0.05, 0.1) is 12.2 Å².